The highest BCUT2D eigenvalue weighted by atomic mass is 79.9. The Hall–Kier alpha value is -2.58. The average molecular weight is 339 g/mol. The standard InChI is InChI=1S/C16H11BrN4/c17-13-4-6-14(7-5-13)21-10-15(19)16(20-21)12-3-1-2-11(8-12)9-18/h1-8,10H,19H2. The molecule has 0 saturated carbocycles. The number of halogens is 1. The summed E-state index contributed by atoms with van der Waals surface area (Å²) in [4.78, 5) is 0. The van der Waals surface area contributed by atoms with Gasteiger partial charge in [-0.05, 0) is 36.4 Å². The molecule has 0 fully saturated rings. The van der Waals surface area contributed by atoms with E-state index in [1.54, 1.807) is 23.0 Å². The Bertz CT molecular complexity index is 828. The van der Waals surface area contributed by atoms with Gasteiger partial charge >= 0.3 is 0 Å². The zero-order valence-electron chi connectivity index (χ0n) is 11.0. The maximum Gasteiger partial charge on any atom is 0.116 e. The van der Waals surface area contributed by atoms with Gasteiger partial charge in [-0.1, -0.05) is 28.1 Å². The predicted octanol–water partition coefficient (Wildman–Crippen LogP) is 3.76. The Balaban J connectivity index is 2.05. The van der Waals surface area contributed by atoms with Gasteiger partial charge in [0.1, 0.15) is 5.69 Å². The van der Waals surface area contributed by atoms with Crippen LogP contribution < -0.4 is 5.73 Å². The molecule has 3 aromatic rings. The second kappa shape index (κ2) is 5.43. The smallest absolute Gasteiger partial charge is 0.116 e. The number of aromatic nitrogens is 2. The van der Waals surface area contributed by atoms with Crippen molar-refractivity contribution < 1.29 is 0 Å². The molecular weight excluding hydrogens is 328 g/mol. The van der Waals surface area contributed by atoms with Gasteiger partial charge in [0, 0.05) is 10.0 Å². The van der Waals surface area contributed by atoms with Crippen LogP contribution >= 0.6 is 15.9 Å². The van der Waals surface area contributed by atoms with Crippen molar-refractivity contribution in [2.45, 2.75) is 0 Å². The van der Waals surface area contributed by atoms with Crippen molar-refractivity contribution in [1.29, 1.82) is 5.26 Å². The van der Waals surface area contributed by atoms with E-state index >= 15 is 0 Å². The zero-order chi connectivity index (χ0) is 14.8. The number of nitrogens with two attached hydrogens (primary N) is 1. The van der Waals surface area contributed by atoms with Crippen molar-refractivity contribution in [3.8, 4) is 23.0 Å². The number of anilines is 1. The summed E-state index contributed by atoms with van der Waals surface area (Å²) in [5.41, 5.74) is 9.66. The summed E-state index contributed by atoms with van der Waals surface area (Å²) in [5, 5.41) is 13.5. The third-order valence-electron chi connectivity index (χ3n) is 3.10. The van der Waals surface area contributed by atoms with Crippen molar-refractivity contribution in [2.24, 2.45) is 0 Å². The fourth-order valence-corrected chi connectivity index (χ4v) is 2.34. The lowest BCUT2D eigenvalue weighted by Crippen LogP contribution is -1.94. The van der Waals surface area contributed by atoms with Crippen molar-refractivity contribution >= 4 is 21.6 Å². The number of nitrogens with zero attached hydrogens (tertiary/aromatic N) is 3. The first-order chi connectivity index (χ1) is 10.2. The second-order valence-electron chi connectivity index (χ2n) is 4.55. The van der Waals surface area contributed by atoms with Crippen LogP contribution in [0.15, 0.2) is 59.2 Å². The average Bonchev–Trinajstić information content (AvgIpc) is 2.90. The Morgan fingerprint density at radius 3 is 2.62 bits per heavy atom. The molecule has 0 atom stereocenters. The first kappa shape index (κ1) is 13.4. The molecule has 0 unspecified atom stereocenters. The van der Waals surface area contributed by atoms with Gasteiger partial charge < -0.3 is 5.73 Å². The minimum Gasteiger partial charge on any atom is -0.396 e. The van der Waals surface area contributed by atoms with Crippen LogP contribution in [0.1, 0.15) is 5.56 Å². The molecule has 1 heterocycles. The lowest BCUT2D eigenvalue weighted by Gasteiger charge is -2.01. The van der Waals surface area contributed by atoms with Gasteiger partial charge in [-0.25, -0.2) is 4.68 Å². The zero-order valence-corrected chi connectivity index (χ0v) is 12.6. The summed E-state index contributed by atoms with van der Waals surface area (Å²) < 4.78 is 2.74. The number of rotatable bonds is 2. The summed E-state index contributed by atoms with van der Waals surface area (Å²) >= 11 is 3.41. The SMILES string of the molecule is N#Cc1cccc(-c2nn(-c3ccc(Br)cc3)cc2N)c1. The van der Waals surface area contributed by atoms with Crippen molar-refractivity contribution in [1.82, 2.24) is 9.78 Å². The molecule has 0 saturated heterocycles. The summed E-state index contributed by atoms with van der Waals surface area (Å²) in [6.07, 6.45) is 1.78. The Morgan fingerprint density at radius 1 is 1.14 bits per heavy atom. The van der Waals surface area contributed by atoms with Gasteiger partial charge in [-0.15, -0.1) is 0 Å². The topological polar surface area (TPSA) is 67.6 Å². The quantitative estimate of drug-likeness (QED) is 0.773. The summed E-state index contributed by atoms with van der Waals surface area (Å²) in [7, 11) is 0. The van der Waals surface area contributed by atoms with Gasteiger partial charge in [-0.3, -0.25) is 0 Å². The fourth-order valence-electron chi connectivity index (χ4n) is 2.07. The number of nitrogen functional groups attached to an aromatic ring is 1. The maximum atomic E-state index is 8.98. The minimum atomic E-state index is 0.577. The van der Waals surface area contributed by atoms with Crippen molar-refractivity contribution in [3.63, 3.8) is 0 Å². The molecule has 1 aromatic heterocycles. The fraction of sp³-hybridized carbons (Fsp3) is 0. The van der Waals surface area contributed by atoms with Crippen LogP contribution in [-0.4, -0.2) is 9.78 Å². The van der Waals surface area contributed by atoms with Crippen LogP contribution in [0.4, 0.5) is 5.69 Å². The molecule has 0 aliphatic heterocycles. The molecule has 0 spiro atoms. The minimum absolute atomic E-state index is 0.577. The molecule has 0 aliphatic carbocycles. The summed E-state index contributed by atoms with van der Waals surface area (Å²) in [6, 6.07) is 17.2. The van der Waals surface area contributed by atoms with Crippen LogP contribution in [0, 0.1) is 11.3 Å². The number of hydrogen-bond acceptors (Lipinski definition) is 3. The van der Waals surface area contributed by atoms with Crippen LogP contribution in [-0.2, 0) is 0 Å². The molecule has 5 heteroatoms. The molecule has 3 rings (SSSR count). The van der Waals surface area contributed by atoms with Gasteiger partial charge in [0.25, 0.3) is 0 Å². The van der Waals surface area contributed by atoms with E-state index in [2.05, 4.69) is 27.1 Å². The maximum absolute atomic E-state index is 8.98. The van der Waals surface area contributed by atoms with E-state index in [1.807, 2.05) is 36.4 Å². The molecule has 2 aromatic carbocycles. The Labute approximate surface area is 130 Å². The molecular formula is C16H11BrN4. The van der Waals surface area contributed by atoms with Gasteiger partial charge in [0.15, 0.2) is 0 Å². The first-order valence-electron chi connectivity index (χ1n) is 6.29. The van der Waals surface area contributed by atoms with Crippen LogP contribution in [0.2, 0.25) is 0 Å². The largest absolute Gasteiger partial charge is 0.396 e. The highest BCUT2D eigenvalue weighted by Gasteiger charge is 2.10. The monoisotopic (exact) mass is 338 g/mol. The third-order valence-corrected chi connectivity index (χ3v) is 3.63. The molecule has 4 nitrogen and oxygen atoms in total. The van der Waals surface area contributed by atoms with E-state index in [9.17, 15) is 0 Å². The number of nitriles is 1. The third kappa shape index (κ3) is 2.67. The molecule has 21 heavy (non-hydrogen) atoms. The van der Waals surface area contributed by atoms with Crippen LogP contribution in [0.25, 0.3) is 16.9 Å². The molecule has 0 bridgehead atoms. The lowest BCUT2D eigenvalue weighted by molar-refractivity contribution is 0.884. The second-order valence-corrected chi connectivity index (χ2v) is 5.46. The van der Waals surface area contributed by atoms with E-state index < -0.39 is 0 Å². The van der Waals surface area contributed by atoms with Crippen molar-refractivity contribution in [2.75, 3.05) is 5.73 Å². The van der Waals surface area contributed by atoms with E-state index in [-0.39, 0.29) is 0 Å². The lowest BCUT2D eigenvalue weighted by atomic mass is 10.1. The van der Waals surface area contributed by atoms with E-state index in [0.29, 0.717) is 16.9 Å². The number of benzene rings is 2. The predicted molar refractivity (Wildman–Crippen MR) is 85.8 cm³/mol. The van der Waals surface area contributed by atoms with Gasteiger partial charge in [0.2, 0.25) is 0 Å². The Kier molecular flexibility index (Phi) is 3.46. The number of hydrogen-bond donors (Lipinski definition) is 1. The van der Waals surface area contributed by atoms with E-state index in [1.165, 1.54) is 0 Å². The highest BCUT2D eigenvalue weighted by Crippen LogP contribution is 2.26. The van der Waals surface area contributed by atoms with Gasteiger partial charge in [-0.2, -0.15) is 10.4 Å². The first-order valence-corrected chi connectivity index (χ1v) is 7.08. The van der Waals surface area contributed by atoms with Crippen LogP contribution in [0.3, 0.4) is 0 Å². The highest BCUT2D eigenvalue weighted by molar-refractivity contribution is 9.10. The molecule has 0 aliphatic rings. The molecule has 0 radical (unpaired) electrons. The summed E-state index contributed by atoms with van der Waals surface area (Å²) in [6.45, 7) is 0. The van der Waals surface area contributed by atoms with E-state index in [4.69, 9.17) is 11.0 Å². The Morgan fingerprint density at radius 2 is 1.90 bits per heavy atom. The van der Waals surface area contributed by atoms with Gasteiger partial charge in [0.05, 0.1) is 29.2 Å². The molecule has 102 valence electrons. The molecule has 0 amide bonds. The molecule has 2 N–H and O–H groups in total. The van der Waals surface area contributed by atoms with Crippen LogP contribution in [0.5, 0.6) is 0 Å². The van der Waals surface area contributed by atoms with Crippen molar-refractivity contribution in [3.05, 3.63) is 64.8 Å². The van der Waals surface area contributed by atoms with E-state index in [0.717, 1.165) is 15.7 Å². The normalized spacial score (nSPS) is 10.3. The summed E-state index contributed by atoms with van der Waals surface area (Å²) in [5.74, 6) is 0.